The van der Waals surface area contributed by atoms with Crippen LogP contribution in [0.4, 0.5) is 8.78 Å². The maximum Gasteiger partial charge on any atom is 0.274 e. The Bertz CT molecular complexity index is 737. The topological polar surface area (TPSA) is 66.3 Å². The van der Waals surface area contributed by atoms with Gasteiger partial charge in [0.2, 0.25) is 0 Å². The van der Waals surface area contributed by atoms with Gasteiger partial charge in [-0.1, -0.05) is 6.07 Å². The average Bonchev–Trinajstić information content (AvgIpc) is 2.92. The third-order valence-corrected chi connectivity index (χ3v) is 3.87. The van der Waals surface area contributed by atoms with E-state index in [0.29, 0.717) is 11.3 Å². The van der Waals surface area contributed by atoms with Gasteiger partial charge in [0, 0.05) is 12.7 Å². The van der Waals surface area contributed by atoms with Gasteiger partial charge in [-0.15, -0.1) is 0 Å². The SMILES string of the molecule is Cc1cnc(C(=O)N2C[C@H](O)C[C@@H]2c2ccc(F)c(F)c2)cn1. The number of likely N-dealkylation sites (tertiary alicyclic amines) is 1. The summed E-state index contributed by atoms with van der Waals surface area (Å²) < 4.78 is 26.6. The predicted octanol–water partition coefficient (Wildman–Crippen LogP) is 2.01. The standard InChI is InChI=1S/C16H15F2N3O2/c1-9-6-20-14(7-19-9)16(23)21-8-11(22)5-15(21)10-2-3-12(17)13(18)4-10/h2-4,6-7,11,15,22H,5,8H2,1H3/t11-,15-/m1/s1. The Kier molecular flexibility index (Phi) is 4.04. The highest BCUT2D eigenvalue weighted by Crippen LogP contribution is 2.33. The molecule has 1 aliphatic heterocycles. The van der Waals surface area contributed by atoms with Crippen LogP contribution in [0.15, 0.2) is 30.6 Å². The lowest BCUT2D eigenvalue weighted by atomic mass is 10.0. The van der Waals surface area contributed by atoms with Crippen molar-refractivity contribution >= 4 is 5.91 Å². The zero-order valence-electron chi connectivity index (χ0n) is 12.4. The lowest BCUT2D eigenvalue weighted by Gasteiger charge is -2.24. The van der Waals surface area contributed by atoms with Gasteiger partial charge >= 0.3 is 0 Å². The number of carbonyl (C=O) groups is 1. The Hall–Kier alpha value is -2.41. The van der Waals surface area contributed by atoms with Gasteiger partial charge in [-0.3, -0.25) is 9.78 Å². The van der Waals surface area contributed by atoms with E-state index in [2.05, 4.69) is 9.97 Å². The summed E-state index contributed by atoms with van der Waals surface area (Å²) in [6.45, 7) is 1.86. The second-order valence-corrected chi connectivity index (χ2v) is 5.58. The van der Waals surface area contributed by atoms with E-state index in [-0.39, 0.29) is 18.7 Å². The molecular weight excluding hydrogens is 304 g/mol. The van der Waals surface area contributed by atoms with Crippen LogP contribution in [-0.2, 0) is 0 Å². The maximum absolute atomic E-state index is 13.5. The summed E-state index contributed by atoms with van der Waals surface area (Å²) in [5, 5.41) is 9.90. The second kappa shape index (κ2) is 6.00. The molecule has 23 heavy (non-hydrogen) atoms. The molecule has 2 heterocycles. The van der Waals surface area contributed by atoms with E-state index in [0.717, 1.165) is 12.1 Å². The monoisotopic (exact) mass is 319 g/mol. The van der Waals surface area contributed by atoms with Gasteiger partial charge < -0.3 is 10.0 Å². The third-order valence-electron chi connectivity index (χ3n) is 3.87. The number of aryl methyl sites for hydroxylation is 1. The van der Waals surface area contributed by atoms with Gasteiger partial charge in [0.05, 0.1) is 24.0 Å². The van der Waals surface area contributed by atoms with Crippen molar-refractivity contribution in [2.45, 2.75) is 25.5 Å². The highest BCUT2D eigenvalue weighted by atomic mass is 19.2. The molecule has 5 nitrogen and oxygen atoms in total. The molecule has 120 valence electrons. The quantitative estimate of drug-likeness (QED) is 0.919. The average molecular weight is 319 g/mol. The van der Waals surface area contributed by atoms with Crippen molar-refractivity contribution in [3.63, 3.8) is 0 Å². The number of benzene rings is 1. The number of aromatic nitrogens is 2. The van der Waals surface area contributed by atoms with Crippen LogP contribution >= 0.6 is 0 Å². The van der Waals surface area contributed by atoms with Crippen LogP contribution in [0.1, 0.15) is 34.2 Å². The van der Waals surface area contributed by atoms with Crippen LogP contribution in [-0.4, -0.2) is 38.5 Å². The van der Waals surface area contributed by atoms with Gasteiger partial charge in [-0.05, 0) is 31.0 Å². The van der Waals surface area contributed by atoms with Crippen molar-refractivity contribution in [3.8, 4) is 0 Å². The fourth-order valence-electron chi connectivity index (χ4n) is 2.72. The van der Waals surface area contributed by atoms with Gasteiger partial charge in [-0.2, -0.15) is 0 Å². The molecule has 0 aliphatic carbocycles. The minimum atomic E-state index is -0.980. The summed E-state index contributed by atoms with van der Waals surface area (Å²) in [4.78, 5) is 22.1. The molecule has 3 rings (SSSR count). The molecule has 1 aliphatic rings. The highest BCUT2D eigenvalue weighted by Gasteiger charge is 2.36. The van der Waals surface area contributed by atoms with E-state index < -0.39 is 29.7 Å². The molecule has 0 radical (unpaired) electrons. The number of hydrogen-bond donors (Lipinski definition) is 1. The van der Waals surface area contributed by atoms with E-state index in [9.17, 15) is 18.7 Å². The largest absolute Gasteiger partial charge is 0.391 e. The molecule has 1 amide bonds. The molecule has 1 aromatic carbocycles. The van der Waals surface area contributed by atoms with Gasteiger partial charge in [-0.25, -0.2) is 13.8 Å². The summed E-state index contributed by atoms with van der Waals surface area (Å²) >= 11 is 0. The first-order chi connectivity index (χ1) is 11.0. The molecule has 0 saturated carbocycles. The fraction of sp³-hybridized carbons (Fsp3) is 0.312. The van der Waals surface area contributed by atoms with E-state index in [1.807, 2.05) is 0 Å². The zero-order chi connectivity index (χ0) is 16.6. The number of carbonyl (C=O) groups excluding carboxylic acids is 1. The number of rotatable bonds is 2. The minimum absolute atomic E-state index is 0.109. The fourth-order valence-corrected chi connectivity index (χ4v) is 2.72. The zero-order valence-corrected chi connectivity index (χ0v) is 12.4. The lowest BCUT2D eigenvalue weighted by Crippen LogP contribution is -2.32. The second-order valence-electron chi connectivity index (χ2n) is 5.58. The van der Waals surface area contributed by atoms with Crippen LogP contribution in [0.3, 0.4) is 0 Å². The molecular formula is C16H15F2N3O2. The first-order valence-electron chi connectivity index (χ1n) is 7.18. The van der Waals surface area contributed by atoms with E-state index in [1.54, 1.807) is 6.92 Å². The minimum Gasteiger partial charge on any atom is -0.391 e. The molecule has 7 heteroatoms. The molecule has 2 atom stereocenters. The maximum atomic E-state index is 13.5. The van der Waals surface area contributed by atoms with Gasteiger partial charge in [0.1, 0.15) is 5.69 Å². The Labute approximate surface area is 131 Å². The first kappa shape index (κ1) is 15.5. The van der Waals surface area contributed by atoms with E-state index in [4.69, 9.17) is 0 Å². The molecule has 1 aromatic heterocycles. The van der Waals surface area contributed by atoms with Crippen molar-refractivity contribution in [2.24, 2.45) is 0 Å². The van der Waals surface area contributed by atoms with Crippen molar-refractivity contribution in [1.29, 1.82) is 0 Å². The number of aliphatic hydroxyl groups is 1. The highest BCUT2D eigenvalue weighted by molar-refractivity contribution is 5.92. The molecule has 1 saturated heterocycles. The van der Waals surface area contributed by atoms with Crippen molar-refractivity contribution in [3.05, 3.63) is 59.2 Å². The number of amides is 1. The van der Waals surface area contributed by atoms with Gasteiger partial charge in [0.15, 0.2) is 11.6 Å². The molecule has 0 unspecified atom stereocenters. The summed E-state index contributed by atoms with van der Waals surface area (Å²) in [7, 11) is 0. The summed E-state index contributed by atoms with van der Waals surface area (Å²) in [6.07, 6.45) is 2.38. The number of hydrogen-bond acceptors (Lipinski definition) is 4. The molecule has 0 spiro atoms. The van der Waals surface area contributed by atoms with Crippen molar-refractivity contribution < 1.29 is 18.7 Å². The predicted molar refractivity (Wildman–Crippen MR) is 77.5 cm³/mol. The molecule has 2 aromatic rings. The number of aliphatic hydroxyl groups excluding tert-OH is 1. The van der Waals surface area contributed by atoms with E-state index >= 15 is 0 Å². The number of nitrogens with zero attached hydrogens (tertiary/aromatic N) is 3. The Morgan fingerprint density at radius 1 is 1.26 bits per heavy atom. The summed E-state index contributed by atoms with van der Waals surface area (Å²) in [5.74, 6) is -2.33. The first-order valence-corrected chi connectivity index (χ1v) is 7.18. The van der Waals surface area contributed by atoms with Crippen LogP contribution in [0.5, 0.6) is 0 Å². The van der Waals surface area contributed by atoms with Crippen molar-refractivity contribution in [2.75, 3.05) is 6.54 Å². The lowest BCUT2D eigenvalue weighted by molar-refractivity contribution is 0.0709. The number of β-amino-alcohol motifs (C(OH)–C–C–N with tert-alkyl or cyclic N) is 1. The summed E-state index contributed by atoms with van der Waals surface area (Å²) in [6, 6.07) is 2.96. The Morgan fingerprint density at radius 2 is 2.04 bits per heavy atom. The summed E-state index contributed by atoms with van der Waals surface area (Å²) in [5.41, 5.74) is 1.27. The van der Waals surface area contributed by atoms with Crippen LogP contribution < -0.4 is 0 Å². The Balaban J connectivity index is 1.91. The van der Waals surface area contributed by atoms with Crippen LogP contribution in [0.2, 0.25) is 0 Å². The molecule has 1 fully saturated rings. The van der Waals surface area contributed by atoms with Crippen LogP contribution in [0, 0.1) is 18.6 Å². The van der Waals surface area contributed by atoms with Crippen LogP contribution in [0.25, 0.3) is 0 Å². The Morgan fingerprint density at radius 3 is 2.70 bits per heavy atom. The van der Waals surface area contributed by atoms with E-state index in [1.165, 1.54) is 23.4 Å². The smallest absolute Gasteiger partial charge is 0.274 e. The number of halogens is 2. The van der Waals surface area contributed by atoms with Crippen molar-refractivity contribution in [1.82, 2.24) is 14.9 Å². The molecule has 1 N–H and O–H groups in total. The third kappa shape index (κ3) is 3.05. The normalized spacial score (nSPS) is 20.8. The van der Waals surface area contributed by atoms with Gasteiger partial charge in [0.25, 0.3) is 5.91 Å². The molecule has 0 bridgehead atoms.